The number of hydrogen-bond acceptors (Lipinski definition) is 2. The van der Waals surface area contributed by atoms with E-state index < -0.39 is 11.6 Å². The molecule has 2 fully saturated rings. The zero-order chi connectivity index (χ0) is 12.7. The minimum atomic E-state index is -0.532. The number of carbonyl (C=O) groups excluding carboxylic acids is 2. The SMILES string of the molecule is O=C(/C=C1/C(=O)C2CCC1C2)c1ccccc1F. The number of allylic oxidation sites excluding steroid dienone is 2. The first-order valence-electron chi connectivity index (χ1n) is 6.21. The van der Waals surface area contributed by atoms with Gasteiger partial charge in [0.15, 0.2) is 11.6 Å². The van der Waals surface area contributed by atoms with Gasteiger partial charge >= 0.3 is 0 Å². The average Bonchev–Trinajstić information content (AvgIpc) is 2.93. The fraction of sp³-hybridized carbons (Fsp3) is 0.333. The van der Waals surface area contributed by atoms with Gasteiger partial charge in [0.05, 0.1) is 5.56 Å². The lowest BCUT2D eigenvalue weighted by molar-refractivity contribution is -0.118. The number of halogens is 1. The third-order valence-electron chi connectivity index (χ3n) is 3.95. The number of hydrogen-bond donors (Lipinski definition) is 0. The molecule has 1 aromatic rings. The fourth-order valence-electron chi connectivity index (χ4n) is 3.01. The molecular formula is C15H13FO2. The average molecular weight is 244 g/mol. The quantitative estimate of drug-likeness (QED) is 0.592. The molecular weight excluding hydrogens is 231 g/mol. The molecule has 2 nitrogen and oxygen atoms in total. The summed E-state index contributed by atoms with van der Waals surface area (Å²) >= 11 is 0. The minimum absolute atomic E-state index is 0.0422. The molecule has 2 aliphatic rings. The summed E-state index contributed by atoms with van der Waals surface area (Å²) < 4.78 is 13.5. The van der Waals surface area contributed by atoms with Gasteiger partial charge in [-0.05, 0) is 43.4 Å². The van der Waals surface area contributed by atoms with E-state index in [0.29, 0.717) is 5.57 Å². The molecule has 2 atom stereocenters. The van der Waals surface area contributed by atoms with Gasteiger partial charge in [0.1, 0.15) is 5.82 Å². The predicted molar refractivity (Wildman–Crippen MR) is 64.7 cm³/mol. The van der Waals surface area contributed by atoms with Crippen molar-refractivity contribution in [1.29, 1.82) is 0 Å². The van der Waals surface area contributed by atoms with Gasteiger partial charge in [-0.2, -0.15) is 0 Å². The Labute approximate surface area is 105 Å². The standard InChI is InChI=1S/C15H13FO2/c16-13-4-2-1-3-11(13)14(17)8-12-9-5-6-10(7-9)15(12)18/h1-4,8-10H,5-7H2/b12-8+. The number of Topliss-reactive ketones (excluding diaryl/α,β-unsaturated/α-hetero) is 1. The lowest BCUT2D eigenvalue weighted by atomic mass is 9.92. The van der Waals surface area contributed by atoms with Crippen LogP contribution in [0.25, 0.3) is 0 Å². The Morgan fingerprint density at radius 2 is 1.94 bits per heavy atom. The van der Waals surface area contributed by atoms with Crippen molar-refractivity contribution >= 4 is 11.6 Å². The third-order valence-corrected chi connectivity index (χ3v) is 3.95. The van der Waals surface area contributed by atoms with Gasteiger partial charge in [0.2, 0.25) is 0 Å². The summed E-state index contributed by atoms with van der Waals surface area (Å²) in [7, 11) is 0. The molecule has 2 bridgehead atoms. The molecule has 92 valence electrons. The lowest BCUT2D eigenvalue weighted by Crippen LogP contribution is -2.14. The first-order valence-corrected chi connectivity index (χ1v) is 6.21. The topological polar surface area (TPSA) is 34.1 Å². The van der Waals surface area contributed by atoms with Crippen LogP contribution in [0, 0.1) is 17.7 Å². The Morgan fingerprint density at radius 1 is 1.22 bits per heavy atom. The summed E-state index contributed by atoms with van der Waals surface area (Å²) in [5.41, 5.74) is 0.653. The molecule has 0 spiro atoms. The van der Waals surface area contributed by atoms with Gasteiger partial charge in [0, 0.05) is 11.5 Å². The molecule has 0 aliphatic heterocycles. The number of carbonyl (C=O) groups is 2. The van der Waals surface area contributed by atoms with Crippen LogP contribution in [0.4, 0.5) is 4.39 Å². The molecule has 0 amide bonds. The first-order chi connectivity index (χ1) is 8.66. The van der Waals surface area contributed by atoms with Crippen LogP contribution in [0.15, 0.2) is 35.9 Å². The maximum Gasteiger partial charge on any atom is 0.189 e. The maximum atomic E-state index is 13.5. The normalized spacial score (nSPS) is 28.1. The molecule has 2 saturated carbocycles. The smallest absolute Gasteiger partial charge is 0.189 e. The molecule has 2 unspecified atom stereocenters. The molecule has 0 aromatic heterocycles. The van der Waals surface area contributed by atoms with E-state index in [1.807, 2.05) is 0 Å². The van der Waals surface area contributed by atoms with Crippen molar-refractivity contribution in [2.45, 2.75) is 19.3 Å². The van der Waals surface area contributed by atoms with Gasteiger partial charge in [-0.3, -0.25) is 9.59 Å². The van der Waals surface area contributed by atoms with E-state index in [4.69, 9.17) is 0 Å². The highest BCUT2D eigenvalue weighted by molar-refractivity contribution is 6.11. The van der Waals surface area contributed by atoms with Crippen LogP contribution in [0.1, 0.15) is 29.6 Å². The monoisotopic (exact) mass is 244 g/mol. The van der Waals surface area contributed by atoms with Crippen LogP contribution >= 0.6 is 0 Å². The molecule has 0 saturated heterocycles. The Bertz CT molecular complexity index is 559. The molecule has 0 radical (unpaired) electrons. The van der Waals surface area contributed by atoms with E-state index >= 15 is 0 Å². The van der Waals surface area contributed by atoms with Gasteiger partial charge in [-0.1, -0.05) is 12.1 Å². The largest absolute Gasteiger partial charge is 0.294 e. The minimum Gasteiger partial charge on any atom is -0.294 e. The number of fused-ring (bicyclic) bond motifs is 2. The third kappa shape index (κ3) is 1.70. The van der Waals surface area contributed by atoms with E-state index in [2.05, 4.69) is 0 Å². The summed E-state index contributed by atoms with van der Waals surface area (Å²) in [4.78, 5) is 23.9. The Balaban J connectivity index is 1.91. The fourth-order valence-corrected chi connectivity index (χ4v) is 3.01. The summed E-state index contributed by atoms with van der Waals surface area (Å²) in [6, 6.07) is 5.88. The molecule has 0 heterocycles. The molecule has 1 aromatic carbocycles. The first kappa shape index (κ1) is 11.3. The molecule has 0 N–H and O–H groups in total. The van der Waals surface area contributed by atoms with Crippen LogP contribution in [0.3, 0.4) is 0 Å². The highest BCUT2D eigenvalue weighted by Gasteiger charge is 2.42. The van der Waals surface area contributed by atoms with Crippen LogP contribution in [-0.2, 0) is 4.79 Å². The van der Waals surface area contributed by atoms with Gasteiger partial charge < -0.3 is 0 Å². The second kappa shape index (κ2) is 4.16. The van der Waals surface area contributed by atoms with Gasteiger partial charge in [-0.25, -0.2) is 4.39 Å². The van der Waals surface area contributed by atoms with Crippen LogP contribution in [-0.4, -0.2) is 11.6 Å². The van der Waals surface area contributed by atoms with E-state index in [1.54, 1.807) is 12.1 Å². The summed E-state index contributed by atoms with van der Waals surface area (Å²) in [6.07, 6.45) is 4.14. The van der Waals surface area contributed by atoms with E-state index in [9.17, 15) is 14.0 Å². The molecule has 3 heteroatoms. The Morgan fingerprint density at radius 3 is 2.61 bits per heavy atom. The van der Waals surface area contributed by atoms with E-state index in [0.717, 1.165) is 19.3 Å². The van der Waals surface area contributed by atoms with Crippen molar-refractivity contribution in [3.8, 4) is 0 Å². The molecule has 18 heavy (non-hydrogen) atoms. The van der Waals surface area contributed by atoms with Crippen molar-refractivity contribution in [1.82, 2.24) is 0 Å². The van der Waals surface area contributed by atoms with E-state index in [-0.39, 0.29) is 23.2 Å². The van der Waals surface area contributed by atoms with Gasteiger partial charge in [0.25, 0.3) is 0 Å². The summed E-state index contributed by atoms with van der Waals surface area (Å²) in [5.74, 6) is -0.511. The molecule has 2 aliphatic carbocycles. The van der Waals surface area contributed by atoms with Crippen LogP contribution in [0.2, 0.25) is 0 Å². The van der Waals surface area contributed by atoms with Crippen molar-refractivity contribution in [3.05, 3.63) is 47.3 Å². The lowest BCUT2D eigenvalue weighted by Gasteiger charge is -2.11. The number of ketones is 2. The van der Waals surface area contributed by atoms with Crippen LogP contribution < -0.4 is 0 Å². The van der Waals surface area contributed by atoms with E-state index in [1.165, 1.54) is 18.2 Å². The van der Waals surface area contributed by atoms with Crippen LogP contribution in [0.5, 0.6) is 0 Å². The summed E-state index contributed by atoms with van der Waals surface area (Å²) in [5, 5.41) is 0. The Hall–Kier alpha value is -1.77. The molecule has 3 rings (SSSR count). The van der Waals surface area contributed by atoms with Crippen molar-refractivity contribution in [2.24, 2.45) is 11.8 Å². The maximum absolute atomic E-state index is 13.5. The number of rotatable bonds is 2. The predicted octanol–water partition coefficient (Wildman–Crippen LogP) is 2.93. The highest BCUT2D eigenvalue weighted by atomic mass is 19.1. The van der Waals surface area contributed by atoms with Crippen molar-refractivity contribution < 1.29 is 14.0 Å². The second-order valence-corrected chi connectivity index (χ2v) is 5.01. The van der Waals surface area contributed by atoms with Gasteiger partial charge in [-0.15, -0.1) is 0 Å². The zero-order valence-electron chi connectivity index (χ0n) is 9.86. The second-order valence-electron chi connectivity index (χ2n) is 5.01. The summed E-state index contributed by atoms with van der Waals surface area (Å²) in [6.45, 7) is 0. The zero-order valence-corrected chi connectivity index (χ0v) is 9.86. The van der Waals surface area contributed by atoms with Crippen molar-refractivity contribution in [3.63, 3.8) is 0 Å². The number of benzene rings is 1. The highest BCUT2D eigenvalue weighted by Crippen LogP contribution is 2.45. The Kier molecular flexibility index (Phi) is 2.62. The van der Waals surface area contributed by atoms with Crippen molar-refractivity contribution in [2.75, 3.05) is 0 Å².